The highest BCUT2D eigenvalue weighted by molar-refractivity contribution is 6.31. The molecule has 1 amide bonds. The number of aromatic amines is 1. The number of amides is 1. The van der Waals surface area contributed by atoms with Crippen LogP contribution in [0.5, 0.6) is 0 Å². The summed E-state index contributed by atoms with van der Waals surface area (Å²) in [5, 5.41) is 4.78. The largest absolute Gasteiger partial charge is 0.469 e. The normalized spacial score (nSPS) is 11.0. The highest BCUT2D eigenvalue weighted by Gasteiger charge is 2.08. The van der Waals surface area contributed by atoms with Crippen LogP contribution in [0.2, 0.25) is 5.02 Å². The number of hydrogen-bond acceptors (Lipinski definition) is 2. The van der Waals surface area contributed by atoms with Crippen LogP contribution in [0.3, 0.4) is 0 Å². The monoisotopic (exact) mass is 378 g/mol. The van der Waals surface area contributed by atoms with Gasteiger partial charge in [0, 0.05) is 40.7 Å². The zero-order chi connectivity index (χ0) is 18.6. The summed E-state index contributed by atoms with van der Waals surface area (Å²) in [5.41, 5.74) is 3.95. The van der Waals surface area contributed by atoms with Crippen molar-refractivity contribution in [2.24, 2.45) is 0 Å². The molecule has 0 aliphatic carbocycles. The van der Waals surface area contributed by atoms with E-state index in [-0.39, 0.29) is 5.91 Å². The van der Waals surface area contributed by atoms with Gasteiger partial charge in [0.15, 0.2) is 0 Å². The molecule has 0 saturated carbocycles. The van der Waals surface area contributed by atoms with Gasteiger partial charge in [0.1, 0.15) is 5.76 Å². The van der Waals surface area contributed by atoms with Crippen LogP contribution < -0.4 is 5.32 Å². The summed E-state index contributed by atoms with van der Waals surface area (Å²) >= 11 is 6.08. The molecular formula is C22H19ClN2O2. The molecule has 0 aliphatic rings. The van der Waals surface area contributed by atoms with Crippen LogP contribution in [0.25, 0.3) is 10.9 Å². The van der Waals surface area contributed by atoms with E-state index in [0.29, 0.717) is 17.1 Å². The van der Waals surface area contributed by atoms with Gasteiger partial charge in [-0.25, -0.2) is 0 Å². The van der Waals surface area contributed by atoms with Gasteiger partial charge in [-0.15, -0.1) is 0 Å². The van der Waals surface area contributed by atoms with Gasteiger partial charge in [-0.1, -0.05) is 23.7 Å². The third-order valence-electron chi connectivity index (χ3n) is 4.58. The first-order chi connectivity index (χ1) is 13.2. The van der Waals surface area contributed by atoms with Crippen molar-refractivity contribution in [3.63, 3.8) is 0 Å². The van der Waals surface area contributed by atoms with Crippen molar-refractivity contribution in [2.45, 2.75) is 12.8 Å². The second-order valence-electron chi connectivity index (χ2n) is 6.46. The predicted octanol–water partition coefficient (Wildman–Crippen LogP) is 4.98. The van der Waals surface area contributed by atoms with Gasteiger partial charge in [-0.3, -0.25) is 4.79 Å². The van der Waals surface area contributed by atoms with Gasteiger partial charge in [0.05, 0.1) is 6.26 Å². The summed E-state index contributed by atoms with van der Waals surface area (Å²) in [5.74, 6) is 0.837. The zero-order valence-electron chi connectivity index (χ0n) is 14.7. The summed E-state index contributed by atoms with van der Waals surface area (Å²) in [7, 11) is 0. The Morgan fingerprint density at radius 2 is 1.96 bits per heavy atom. The fourth-order valence-corrected chi connectivity index (χ4v) is 3.33. The molecule has 4 nitrogen and oxygen atoms in total. The van der Waals surface area contributed by atoms with Gasteiger partial charge >= 0.3 is 0 Å². The molecule has 0 fully saturated rings. The zero-order valence-corrected chi connectivity index (χ0v) is 15.4. The molecule has 2 aromatic carbocycles. The minimum absolute atomic E-state index is 0.0718. The summed E-state index contributed by atoms with van der Waals surface area (Å²) in [4.78, 5) is 15.6. The molecule has 0 bridgehead atoms. The number of aromatic nitrogens is 1. The Kier molecular flexibility index (Phi) is 4.99. The maximum atomic E-state index is 12.4. The third kappa shape index (κ3) is 4.07. The molecule has 0 atom stereocenters. The molecular weight excluding hydrogens is 360 g/mol. The quantitative estimate of drug-likeness (QED) is 0.497. The van der Waals surface area contributed by atoms with Crippen LogP contribution in [0.4, 0.5) is 0 Å². The topological polar surface area (TPSA) is 58.0 Å². The van der Waals surface area contributed by atoms with Gasteiger partial charge in [0.2, 0.25) is 0 Å². The van der Waals surface area contributed by atoms with Crippen molar-refractivity contribution in [3.8, 4) is 0 Å². The summed E-state index contributed by atoms with van der Waals surface area (Å²) in [6.45, 7) is 0.562. The van der Waals surface area contributed by atoms with Crippen molar-refractivity contribution in [2.75, 3.05) is 6.54 Å². The maximum absolute atomic E-state index is 12.4. The number of nitrogens with one attached hydrogen (secondary N) is 2. The van der Waals surface area contributed by atoms with Crippen molar-refractivity contribution >= 4 is 28.4 Å². The lowest BCUT2D eigenvalue weighted by Gasteiger charge is -2.06. The molecule has 2 aromatic heterocycles. The maximum Gasteiger partial charge on any atom is 0.251 e. The molecule has 5 heteroatoms. The van der Waals surface area contributed by atoms with E-state index in [1.807, 2.05) is 60.8 Å². The van der Waals surface area contributed by atoms with E-state index in [0.717, 1.165) is 40.6 Å². The average molecular weight is 379 g/mol. The Labute approximate surface area is 162 Å². The number of rotatable bonds is 6. The van der Waals surface area contributed by atoms with Crippen molar-refractivity contribution in [3.05, 3.63) is 94.5 Å². The minimum Gasteiger partial charge on any atom is -0.469 e. The molecule has 4 aromatic rings. The first kappa shape index (κ1) is 17.4. The highest BCUT2D eigenvalue weighted by Crippen LogP contribution is 2.22. The van der Waals surface area contributed by atoms with Crippen molar-refractivity contribution in [1.29, 1.82) is 0 Å². The number of hydrogen-bond donors (Lipinski definition) is 2. The lowest BCUT2D eigenvalue weighted by atomic mass is 10.1. The fraction of sp³-hybridized carbons (Fsp3) is 0.136. The second-order valence-corrected chi connectivity index (χ2v) is 6.90. The molecule has 2 N–H and O–H groups in total. The second kappa shape index (κ2) is 7.72. The van der Waals surface area contributed by atoms with Gasteiger partial charge in [0.25, 0.3) is 5.91 Å². The molecule has 2 heterocycles. The fourth-order valence-electron chi connectivity index (χ4n) is 3.16. The third-order valence-corrected chi connectivity index (χ3v) is 4.82. The first-order valence-corrected chi connectivity index (χ1v) is 9.22. The van der Waals surface area contributed by atoms with Crippen molar-refractivity contribution < 1.29 is 9.21 Å². The van der Waals surface area contributed by atoms with Crippen LogP contribution >= 0.6 is 11.6 Å². The SMILES string of the molecule is O=C(NCCc1c[nH]c2ccc(Cl)cc12)c1ccc(Cc2ccco2)cc1. The summed E-state index contributed by atoms with van der Waals surface area (Å²) < 4.78 is 5.35. The van der Waals surface area contributed by atoms with Crippen LogP contribution in [-0.4, -0.2) is 17.4 Å². The Morgan fingerprint density at radius 1 is 1.11 bits per heavy atom. The van der Waals surface area contributed by atoms with Gasteiger partial charge in [-0.05, 0) is 60.0 Å². The van der Waals surface area contributed by atoms with Crippen LogP contribution in [-0.2, 0) is 12.8 Å². The summed E-state index contributed by atoms with van der Waals surface area (Å²) in [6.07, 6.45) is 5.09. The van der Waals surface area contributed by atoms with E-state index in [1.54, 1.807) is 6.26 Å². The molecule has 27 heavy (non-hydrogen) atoms. The van der Waals surface area contributed by atoms with Crippen LogP contribution in [0.15, 0.2) is 71.5 Å². The average Bonchev–Trinajstić information content (AvgIpc) is 3.32. The van der Waals surface area contributed by atoms with Crippen LogP contribution in [0, 0.1) is 0 Å². The molecule has 0 spiro atoms. The Morgan fingerprint density at radius 3 is 2.74 bits per heavy atom. The van der Waals surface area contributed by atoms with E-state index >= 15 is 0 Å². The number of carbonyl (C=O) groups is 1. The first-order valence-electron chi connectivity index (χ1n) is 8.84. The molecule has 0 saturated heterocycles. The number of benzene rings is 2. The smallest absolute Gasteiger partial charge is 0.251 e. The molecule has 4 rings (SSSR count). The van der Waals surface area contributed by atoms with Crippen LogP contribution in [0.1, 0.15) is 27.2 Å². The lowest BCUT2D eigenvalue weighted by Crippen LogP contribution is -2.25. The lowest BCUT2D eigenvalue weighted by molar-refractivity contribution is 0.0954. The van der Waals surface area contributed by atoms with Crippen molar-refractivity contribution in [1.82, 2.24) is 10.3 Å². The predicted molar refractivity (Wildman–Crippen MR) is 107 cm³/mol. The Bertz CT molecular complexity index is 1050. The minimum atomic E-state index is -0.0718. The summed E-state index contributed by atoms with van der Waals surface area (Å²) in [6, 6.07) is 17.2. The number of furan rings is 1. The number of fused-ring (bicyclic) bond motifs is 1. The van der Waals surface area contributed by atoms with E-state index in [2.05, 4.69) is 10.3 Å². The standard InChI is InChI=1S/C22H19ClN2O2/c23-18-7-8-21-20(13-18)17(14-25-21)9-10-24-22(26)16-5-3-15(4-6-16)12-19-2-1-11-27-19/h1-8,11,13-14,25H,9-10,12H2,(H,24,26). The van der Waals surface area contributed by atoms with E-state index in [9.17, 15) is 4.79 Å². The van der Waals surface area contributed by atoms with Gasteiger partial charge < -0.3 is 14.7 Å². The van der Waals surface area contributed by atoms with E-state index in [1.165, 1.54) is 0 Å². The number of carbonyl (C=O) groups excluding carboxylic acids is 1. The van der Waals surface area contributed by atoms with E-state index in [4.69, 9.17) is 16.0 Å². The Balaban J connectivity index is 1.34. The molecule has 0 aliphatic heterocycles. The van der Waals surface area contributed by atoms with E-state index < -0.39 is 0 Å². The van der Waals surface area contributed by atoms with Gasteiger partial charge in [-0.2, -0.15) is 0 Å². The molecule has 0 unspecified atom stereocenters. The molecule has 0 radical (unpaired) electrons. The highest BCUT2D eigenvalue weighted by atomic mass is 35.5. The number of halogens is 1. The molecule has 136 valence electrons. The Hall–Kier alpha value is -2.98. The number of H-pyrrole nitrogens is 1.